The summed E-state index contributed by atoms with van der Waals surface area (Å²) in [5, 5.41) is 3.49. The molecule has 5 nitrogen and oxygen atoms in total. The van der Waals surface area contributed by atoms with Crippen molar-refractivity contribution in [1.29, 1.82) is 0 Å². The second kappa shape index (κ2) is 10.1. The third-order valence-electron chi connectivity index (χ3n) is 5.59. The minimum atomic E-state index is 0.0919. The summed E-state index contributed by atoms with van der Waals surface area (Å²) in [7, 11) is 1.68. The van der Waals surface area contributed by atoms with Gasteiger partial charge >= 0.3 is 0 Å². The summed E-state index contributed by atoms with van der Waals surface area (Å²) in [6.07, 6.45) is 0.840. The molecule has 3 aromatic rings. The van der Waals surface area contributed by atoms with E-state index >= 15 is 0 Å². The maximum atomic E-state index is 12.5. The largest absolute Gasteiger partial charge is 0.497 e. The second-order valence-corrected chi connectivity index (χ2v) is 8.48. The van der Waals surface area contributed by atoms with Crippen LogP contribution in [0.25, 0.3) is 10.1 Å². The Kier molecular flexibility index (Phi) is 7.00. The number of amides is 1. The van der Waals surface area contributed by atoms with E-state index in [2.05, 4.69) is 46.7 Å². The molecule has 1 aliphatic heterocycles. The molecule has 1 aromatic heterocycles. The highest BCUT2D eigenvalue weighted by atomic mass is 32.1. The van der Waals surface area contributed by atoms with Crippen molar-refractivity contribution in [3.05, 3.63) is 65.0 Å². The topological polar surface area (TPSA) is 42.0 Å². The maximum Gasteiger partial charge on any atom is 0.248 e. The van der Waals surface area contributed by atoms with Crippen LogP contribution in [0.2, 0.25) is 0 Å². The number of carbonyl (C=O) groups excluding carboxylic acids is 1. The minimum absolute atomic E-state index is 0.0919. The van der Waals surface area contributed by atoms with Crippen molar-refractivity contribution < 1.29 is 14.3 Å². The molecule has 2 heterocycles. The monoisotopic (exact) mass is 424 g/mol. The van der Waals surface area contributed by atoms with Crippen LogP contribution in [-0.4, -0.2) is 62.2 Å². The molecule has 0 saturated carbocycles. The average molecular weight is 425 g/mol. The number of hydrogen-bond donors (Lipinski definition) is 0. The lowest BCUT2D eigenvalue weighted by molar-refractivity contribution is -0.137. The summed E-state index contributed by atoms with van der Waals surface area (Å²) in [6, 6.07) is 16.6. The molecule has 0 bridgehead atoms. The van der Waals surface area contributed by atoms with Gasteiger partial charge in [-0.1, -0.05) is 30.3 Å². The van der Waals surface area contributed by atoms with Gasteiger partial charge in [-0.2, -0.15) is 0 Å². The van der Waals surface area contributed by atoms with Crippen molar-refractivity contribution in [2.45, 2.75) is 13.0 Å². The van der Waals surface area contributed by atoms with E-state index in [1.165, 1.54) is 21.2 Å². The van der Waals surface area contributed by atoms with Gasteiger partial charge in [0.25, 0.3) is 0 Å². The SMILES string of the molecule is COc1ccc(CN2CCN(C(=O)COCCc3csc4ccccc34)CC2)cc1. The van der Waals surface area contributed by atoms with Crippen molar-refractivity contribution >= 4 is 27.3 Å². The number of nitrogens with zero attached hydrogens (tertiary/aromatic N) is 2. The predicted octanol–water partition coefficient (Wildman–Crippen LogP) is 3.81. The van der Waals surface area contributed by atoms with Gasteiger partial charge in [-0.3, -0.25) is 9.69 Å². The number of methoxy groups -OCH3 is 1. The number of rotatable bonds is 8. The van der Waals surface area contributed by atoms with Crippen LogP contribution in [0.15, 0.2) is 53.9 Å². The summed E-state index contributed by atoms with van der Waals surface area (Å²) < 4.78 is 12.2. The predicted molar refractivity (Wildman–Crippen MR) is 121 cm³/mol. The Bertz CT molecular complexity index is 962. The average Bonchev–Trinajstić information content (AvgIpc) is 3.21. The third kappa shape index (κ3) is 5.19. The van der Waals surface area contributed by atoms with E-state index in [0.29, 0.717) is 6.61 Å². The number of piperazine rings is 1. The molecule has 0 spiro atoms. The zero-order chi connectivity index (χ0) is 20.8. The molecule has 1 saturated heterocycles. The highest BCUT2D eigenvalue weighted by Crippen LogP contribution is 2.25. The number of fused-ring (bicyclic) bond motifs is 1. The van der Waals surface area contributed by atoms with Gasteiger partial charge < -0.3 is 14.4 Å². The van der Waals surface area contributed by atoms with Crippen LogP contribution in [0.5, 0.6) is 5.75 Å². The Morgan fingerprint density at radius 3 is 2.57 bits per heavy atom. The molecule has 6 heteroatoms. The van der Waals surface area contributed by atoms with Crippen LogP contribution >= 0.6 is 11.3 Å². The van der Waals surface area contributed by atoms with Gasteiger partial charge in [0.15, 0.2) is 0 Å². The summed E-state index contributed by atoms with van der Waals surface area (Å²) >= 11 is 1.76. The van der Waals surface area contributed by atoms with E-state index in [4.69, 9.17) is 9.47 Å². The van der Waals surface area contributed by atoms with Gasteiger partial charge in [-0.15, -0.1) is 11.3 Å². The van der Waals surface area contributed by atoms with Crippen molar-refractivity contribution in [1.82, 2.24) is 9.80 Å². The first kappa shape index (κ1) is 20.8. The highest BCUT2D eigenvalue weighted by molar-refractivity contribution is 7.17. The maximum absolute atomic E-state index is 12.5. The van der Waals surface area contributed by atoms with Gasteiger partial charge in [-0.25, -0.2) is 0 Å². The van der Waals surface area contributed by atoms with E-state index in [1.807, 2.05) is 17.0 Å². The molecule has 0 radical (unpaired) electrons. The van der Waals surface area contributed by atoms with Gasteiger partial charge in [0.05, 0.1) is 13.7 Å². The molecule has 0 aliphatic carbocycles. The molecule has 1 aliphatic rings. The fraction of sp³-hybridized carbons (Fsp3) is 0.375. The molecule has 158 valence electrons. The first-order valence-corrected chi connectivity index (χ1v) is 11.3. The van der Waals surface area contributed by atoms with E-state index in [9.17, 15) is 4.79 Å². The Morgan fingerprint density at radius 2 is 1.80 bits per heavy atom. The summed E-state index contributed by atoms with van der Waals surface area (Å²) in [4.78, 5) is 16.8. The molecule has 1 fully saturated rings. The Balaban J connectivity index is 1.16. The van der Waals surface area contributed by atoms with Gasteiger partial charge in [0, 0.05) is 37.4 Å². The van der Waals surface area contributed by atoms with Crippen molar-refractivity contribution in [3.8, 4) is 5.75 Å². The fourth-order valence-corrected chi connectivity index (χ4v) is 4.80. The normalized spacial score (nSPS) is 14.9. The number of carbonyl (C=O) groups is 1. The molecular weight excluding hydrogens is 396 g/mol. The van der Waals surface area contributed by atoms with Crippen LogP contribution < -0.4 is 4.74 Å². The minimum Gasteiger partial charge on any atom is -0.497 e. The standard InChI is InChI=1S/C24H28N2O3S/c1-28-21-8-6-19(7-9-21)16-25-11-13-26(14-12-25)24(27)17-29-15-10-20-18-30-23-5-3-2-4-22(20)23/h2-9,18H,10-17H2,1H3. The van der Waals surface area contributed by atoms with Crippen molar-refractivity contribution in [3.63, 3.8) is 0 Å². The van der Waals surface area contributed by atoms with Crippen LogP contribution in [-0.2, 0) is 22.5 Å². The number of ether oxygens (including phenoxy) is 2. The second-order valence-electron chi connectivity index (χ2n) is 7.56. The molecule has 1 amide bonds. The third-order valence-corrected chi connectivity index (χ3v) is 6.60. The Hall–Kier alpha value is -2.41. The molecule has 2 aromatic carbocycles. The summed E-state index contributed by atoms with van der Waals surface area (Å²) in [5.74, 6) is 0.968. The lowest BCUT2D eigenvalue weighted by atomic mass is 10.1. The smallest absolute Gasteiger partial charge is 0.248 e. The number of thiophene rings is 1. The number of benzene rings is 2. The molecule has 0 atom stereocenters. The van der Waals surface area contributed by atoms with Crippen LogP contribution in [0, 0.1) is 0 Å². The van der Waals surface area contributed by atoms with E-state index in [-0.39, 0.29) is 12.5 Å². The van der Waals surface area contributed by atoms with E-state index < -0.39 is 0 Å². The van der Waals surface area contributed by atoms with Gasteiger partial charge in [0.2, 0.25) is 5.91 Å². The lowest BCUT2D eigenvalue weighted by Crippen LogP contribution is -2.49. The summed E-state index contributed by atoms with van der Waals surface area (Å²) in [6.45, 7) is 4.93. The first-order chi connectivity index (χ1) is 14.7. The Morgan fingerprint density at radius 1 is 1.03 bits per heavy atom. The van der Waals surface area contributed by atoms with Crippen molar-refractivity contribution in [2.75, 3.05) is 46.5 Å². The van der Waals surface area contributed by atoms with E-state index in [1.54, 1.807) is 18.4 Å². The van der Waals surface area contributed by atoms with Gasteiger partial charge in [0.1, 0.15) is 12.4 Å². The van der Waals surface area contributed by atoms with E-state index in [0.717, 1.165) is 44.9 Å². The van der Waals surface area contributed by atoms with Gasteiger partial charge in [-0.05, 0) is 46.5 Å². The zero-order valence-electron chi connectivity index (χ0n) is 17.4. The highest BCUT2D eigenvalue weighted by Gasteiger charge is 2.21. The first-order valence-electron chi connectivity index (χ1n) is 10.4. The molecule has 0 N–H and O–H groups in total. The van der Waals surface area contributed by atoms with Crippen molar-refractivity contribution in [2.24, 2.45) is 0 Å². The van der Waals surface area contributed by atoms with Crippen LogP contribution in [0.4, 0.5) is 0 Å². The molecule has 4 rings (SSSR count). The molecule has 30 heavy (non-hydrogen) atoms. The van der Waals surface area contributed by atoms with Crippen LogP contribution in [0.1, 0.15) is 11.1 Å². The molecule has 0 unspecified atom stereocenters. The van der Waals surface area contributed by atoms with Crippen LogP contribution in [0.3, 0.4) is 0 Å². The number of hydrogen-bond acceptors (Lipinski definition) is 5. The Labute approximate surface area is 181 Å². The zero-order valence-corrected chi connectivity index (χ0v) is 18.2. The molecular formula is C24H28N2O3S. The lowest BCUT2D eigenvalue weighted by Gasteiger charge is -2.34. The quantitative estimate of drug-likeness (QED) is 0.516. The summed E-state index contributed by atoms with van der Waals surface area (Å²) in [5.41, 5.74) is 2.56. The fourth-order valence-electron chi connectivity index (χ4n) is 3.80.